The van der Waals surface area contributed by atoms with Crippen LogP contribution in [0, 0.1) is 0 Å². The van der Waals surface area contributed by atoms with Gasteiger partial charge in [0.25, 0.3) is 0 Å². The van der Waals surface area contributed by atoms with Gasteiger partial charge in [0.15, 0.2) is 17.5 Å². The molecule has 0 amide bonds. The molecule has 0 radical (unpaired) electrons. The highest BCUT2D eigenvalue weighted by molar-refractivity contribution is 7.26. The molecule has 0 saturated carbocycles. The normalized spacial score (nSPS) is 13.0. The summed E-state index contributed by atoms with van der Waals surface area (Å²) in [4.78, 5) is 15.9. The molecule has 15 rings (SSSR count). The Balaban J connectivity index is 0.906. The number of fused-ring (bicyclic) bond motifs is 16. The molecule has 5 heteroatoms. The van der Waals surface area contributed by atoms with Crippen LogP contribution in [0.4, 0.5) is 0 Å². The Morgan fingerprint density at radius 2 is 0.841 bits per heavy atom. The van der Waals surface area contributed by atoms with Crippen LogP contribution >= 0.6 is 11.3 Å². The second kappa shape index (κ2) is 14.6. The number of nitrogens with zero attached hydrogens (tertiary/aromatic N) is 3. The Hall–Kier alpha value is -8.77. The largest absolute Gasteiger partial charge is 0.456 e. The molecule has 0 bridgehead atoms. The summed E-state index contributed by atoms with van der Waals surface area (Å²) in [6.45, 7) is 0. The summed E-state index contributed by atoms with van der Waals surface area (Å²) >= 11 is 1.78. The van der Waals surface area contributed by atoms with E-state index in [1.807, 2.05) is 18.2 Å². The van der Waals surface area contributed by atoms with Gasteiger partial charge in [-0.3, -0.25) is 0 Å². The zero-order chi connectivity index (χ0) is 45.2. The third kappa shape index (κ3) is 5.53. The van der Waals surface area contributed by atoms with Crippen molar-refractivity contribution in [3.05, 3.63) is 247 Å². The number of furan rings is 1. The molecular weight excluding hydrogens is 859 g/mol. The molecule has 0 unspecified atom stereocenters. The van der Waals surface area contributed by atoms with Gasteiger partial charge in [-0.05, 0) is 103 Å². The molecule has 3 aromatic heterocycles. The molecule has 0 atom stereocenters. The predicted molar refractivity (Wildman–Crippen MR) is 283 cm³/mol. The van der Waals surface area contributed by atoms with Gasteiger partial charge in [0.05, 0.1) is 5.41 Å². The summed E-state index contributed by atoms with van der Waals surface area (Å²) in [6, 6.07) is 80.8. The van der Waals surface area contributed by atoms with Gasteiger partial charge in [-0.15, -0.1) is 11.3 Å². The lowest BCUT2D eigenvalue weighted by Gasteiger charge is -2.30. The van der Waals surface area contributed by atoms with Crippen molar-refractivity contribution in [1.29, 1.82) is 0 Å². The highest BCUT2D eigenvalue weighted by atomic mass is 32.1. The fraction of sp³-hybridized carbons (Fsp3) is 0.0156. The van der Waals surface area contributed by atoms with Gasteiger partial charge >= 0.3 is 0 Å². The molecule has 1 spiro atoms. The topological polar surface area (TPSA) is 51.8 Å². The van der Waals surface area contributed by atoms with Crippen molar-refractivity contribution in [1.82, 2.24) is 15.0 Å². The minimum atomic E-state index is -0.383. The Bertz CT molecular complexity index is 4220. The van der Waals surface area contributed by atoms with Crippen LogP contribution in [-0.4, -0.2) is 15.0 Å². The summed E-state index contributed by atoms with van der Waals surface area (Å²) in [5.41, 5.74) is 19.1. The average molecular weight is 896 g/mol. The number of rotatable bonds is 5. The summed E-state index contributed by atoms with van der Waals surface area (Å²) in [6.07, 6.45) is 0. The first-order chi connectivity index (χ1) is 34.2. The number of hydrogen-bond acceptors (Lipinski definition) is 5. The third-order valence-corrected chi connectivity index (χ3v) is 15.8. The van der Waals surface area contributed by atoms with Gasteiger partial charge < -0.3 is 4.42 Å². The predicted octanol–water partition coefficient (Wildman–Crippen LogP) is 16.8. The molecule has 2 aliphatic carbocycles. The van der Waals surface area contributed by atoms with Crippen LogP contribution < -0.4 is 0 Å². The molecule has 0 aliphatic heterocycles. The molecule has 0 N–H and O–H groups in total. The van der Waals surface area contributed by atoms with Crippen molar-refractivity contribution in [2.24, 2.45) is 0 Å². The summed E-state index contributed by atoms with van der Waals surface area (Å²) < 4.78 is 9.05. The maximum absolute atomic E-state index is 6.66. The second-order valence-electron chi connectivity index (χ2n) is 18.2. The number of benzene rings is 10. The van der Waals surface area contributed by atoms with Crippen molar-refractivity contribution < 1.29 is 4.42 Å². The number of aromatic nitrogens is 3. The molecule has 3 heterocycles. The van der Waals surface area contributed by atoms with Crippen molar-refractivity contribution in [2.45, 2.75) is 5.41 Å². The first-order valence-corrected chi connectivity index (χ1v) is 24.2. The first-order valence-electron chi connectivity index (χ1n) is 23.4. The van der Waals surface area contributed by atoms with E-state index in [1.165, 1.54) is 60.0 Å². The lowest BCUT2D eigenvalue weighted by atomic mass is 9.70. The van der Waals surface area contributed by atoms with E-state index in [9.17, 15) is 0 Å². The molecule has 10 aromatic carbocycles. The Morgan fingerprint density at radius 1 is 0.319 bits per heavy atom. The monoisotopic (exact) mass is 895 g/mol. The molecule has 320 valence electrons. The van der Waals surface area contributed by atoms with Gasteiger partial charge in [0, 0.05) is 47.6 Å². The fourth-order valence-corrected chi connectivity index (χ4v) is 12.8. The van der Waals surface area contributed by atoms with Gasteiger partial charge in [-0.2, -0.15) is 0 Å². The van der Waals surface area contributed by atoms with Crippen LogP contribution in [0.2, 0.25) is 0 Å². The van der Waals surface area contributed by atoms with E-state index < -0.39 is 0 Å². The Kier molecular flexibility index (Phi) is 8.12. The van der Waals surface area contributed by atoms with E-state index >= 15 is 0 Å². The van der Waals surface area contributed by atoms with Crippen molar-refractivity contribution in [3.8, 4) is 78.7 Å². The van der Waals surface area contributed by atoms with Crippen LogP contribution in [0.15, 0.2) is 229 Å². The van der Waals surface area contributed by atoms with Gasteiger partial charge in [-0.1, -0.05) is 188 Å². The molecule has 13 aromatic rings. The standard InChI is InChI=1S/C64H37N3OS/c1-2-14-38(15-3-1)39-28-30-40(31-29-39)61-65-62(67-63(66-61)49-22-12-20-47-46-19-7-11-27-58(46)69-60(47)49)48-21-13-26-57-59(48)51-37-42(33-35-56(51)68-57)41-32-34-55-50(36-41)45-18-6-10-25-54(45)64(55)52-23-8-4-16-43(52)44-17-5-9-24-53(44)64/h1-37H. The number of thiophene rings is 1. The van der Waals surface area contributed by atoms with E-state index in [1.54, 1.807) is 11.3 Å². The van der Waals surface area contributed by atoms with Crippen LogP contribution in [0.3, 0.4) is 0 Å². The SMILES string of the molecule is c1ccc(-c2ccc(-c3nc(-c4cccc5c4sc4ccccc45)nc(-c4cccc5oc6ccc(-c7ccc8c(c7)-c7ccccc7C87c8ccccc8-c8ccccc87)cc6c45)n3)cc2)cc1. The fourth-order valence-electron chi connectivity index (χ4n) is 11.6. The maximum Gasteiger partial charge on any atom is 0.165 e. The lowest BCUT2D eigenvalue weighted by Crippen LogP contribution is -2.25. The molecule has 2 aliphatic rings. The third-order valence-electron chi connectivity index (χ3n) is 14.6. The lowest BCUT2D eigenvalue weighted by molar-refractivity contribution is 0.669. The first kappa shape index (κ1) is 38.3. The van der Waals surface area contributed by atoms with Crippen molar-refractivity contribution in [3.63, 3.8) is 0 Å². The van der Waals surface area contributed by atoms with E-state index in [4.69, 9.17) is 19.4 Å². The van der Waals surface area contributed by atoms with E-state index in [-0.39, 0.29) is 5.41 Å². The van der Waals surface area contributed by atoms with E-state index in [2.05, 4.69) is 206 Å². The van der Waals surface area contributed by atoms with Crippen LogP contribution in [0.5, 0.6) is 0 Å². The molecule has 69 heavy (non-hydrogen) atoms. The zero-order valence-corrected chi connectivity index (χ0v) is 37.8. The minimum Gasteiger partial charge on any atom is -0.456 e. The highest BCUT2D eigenvalue weighted by Crippen LogP contribution is 2.63. The molecular formula is C64H37N3OS. The summed E-state index contributed by atoms with van der Waals surface area (Å²) in [5, 5.41) is 4.41. The van der Waals surface area contributed by atoms with Crippen LogP contribution in [0.1, 0.15) is 22.3 Å². The van der Waals surface area contributed by atoms with Crippen LogP contribution in [-0.2, 0) is 5.41 Å². The Labute approximate surface area is 401 Å². The van der Waals surface area contributed by atoms with Crippen molar-refractivity contribution >= 4 is 53.4 Å². The van der Waals surface area contributed by atoms with E-state index in [0.717, 1.165) is 65.6 Å². The molecule has 4 nitrogen and oxygen atoms in total. The van der Waals surface area contributed by atoms with E-state index in [0.29, 0.717) is 17.5 Å². The maximum atomic E-state index is 6.66. The Morgan fingerprint density at radius 3 is 1.61 bits per heavy atom. The minimum absolute atomic E-state index is 0.383. The summed E-state index contributed by atoms with van der Waals surface area (Å²) in [7, 11) is 0. The van der Waals surface area contributed by atoms with Crippen LogP contribution in [0.25, 0.3) is 121 Å². The number of hydrogen-bond donors (Lipinski definition) is 0. The quantitative estimate of drug-likeness (QED) is 0.173. The van der Waals surface area contributed by atoms with Crippen molar-refractivity contribution in [2.75, 3.05) is 0 Å². The van der Waals surface area contributed by atoms with Gasteiger partial charge in [0.2, 0.25) is 0 Å². The molecule has 0 fully saturated rings. The second-order valence-corrected chi connectivity index (χ2v) is 19.2. The average Bonchev–Trinajstić information content (AvgIpc) is 4.16. The van der Waals surface area contributed by atoms with Gasteiger partial charge in [-0.25, -0.2) is 15.0 Å². The highest BCUT2D eigenvalue weighted by Gasteiger charge is 2.51. The smallest absolute Gasteiger partial charge is 0.165 e. The van der Waals surface area contributed by atoms with Gasteiger partial charge in [0.1, 0.15) is 11.2 Å². The summed E-state index contributed by atoms with van der Waals surface area (Å²) in [5.74, 6) is 1.84. The zero-order valence-electron chi connectivity index (χ0n) is 37.0. The molecule has 0 saturated heterocycles.